The van der Waals surface area contributed by atoms with Crippen LogP contribution in [-0.4, -0.2) is 0 Å². The highest BCUT2D eigenvalue weighted by Crippen LogP contribution is 2.15. The number of rotatable bonds is 4. The number of hydrogen-bond acceptors (Lipinski definition) is 2. The Kier molecular flexibility index (Phi) is 3.93. The first-order valence-corrected chi connectivity index (χ1v) is 6.23. The number of thiophene rings is 1. The lowest BCUT2D eigenvalue weighted by Gasteiger charge is -2.04. The van der Waals surface area contributed by atoms with Gasteiger partial charge in [0.25, 0.3) is 0 Å². The van der Waals surface area contributed by atoms with Crippen LogP contribution < -0.4 is 5.32 Å². The van der Waals surface area contributed by atoms with Gasteiger partial charge in [-0.2, -0.15) is 11.3 Å². The second-order valence-electron chi connectivity index (χ2n) is 3.48. The Balaban J connectivity index is 1.87. The van der Waals surface area contributed by atoms with E-state index >= 15 is 0 Å². The summed E-state index contributed by atoms with van der Waals surface area (Å²) in [6.45, 7) is 1.44. The van der Waals surface area contributed by atoms with Crippen molar-refractivity contribution in [3.63, 3.8) is 0 Å². The third-order valence-electron chi connectivity index (χ3n) is 2.22. The molecule has 0 bridgehead atoms. The van der Waals surface area contributed by atoms with Gasteiger partial charge in [0.2, 0.25) is 0 Å². The van der Waals surface area contributed by atoms with E-state index in [9.17, 15) is 4.39 Å². The van der Waals surface area contributed by atoms with Gasteiger partial charge in [-0.15, -0.1) is 0 Å². The highest BCUT2D eigenvalue weighted by atomic mass is 35.5. The van der Waals surface area contributed by atoms with Gasteiger partial charge in [0.05, 0.1) is 5.02 Å². The fourth-order valence-electron chi connectivity index (χ4n) is 1.39. The zero-order valence-electron chi connectivity index (χ0n) is 8.54. The van der Waals surface area contributed by atoms with E-state index in [0.29, 0.717) is 6.54 Å². The Morgan fingerprint density at radius 2 is 2.00 bits per heavy atom. The normalized spacial score (nSPS) is 10.6. The fraction of sp³-hybridized carbons (Fsp3) is 0.167. The quantitative estimate of drug-likeness (QED) is 0.876. The van der Waals surface area contributed by atoms with Crippen LogP contribution in [0.3, 0.4) is 0 Å². The number of nitrogens with one attached hydrogen (secondary N) is 1. The van der Waals surface area contributed by atoms with Gasteiger partial charge in [0.1, 0.15) is 5.82 Å². The second-order valence-corrected chi connectivity index (χ2v) is 4.67. The largest absolute Gasteiger partial charge is 0.309 e. The summed E-state index contributed by atoms with van der Waals surface area (Å²) in [4.78, 5) is 0. The van der Waals surface area contributed by atoms with Crippen LogP contribution in [0.1, 0.15) is 11.1 Å². The molecule has 2 rings (SSSR count). The minimum Gasteiger partial charge on any atom is -0.309 e. The first-order chi connectivity index (χ1) is 7.75. The number of halogens is 2. The standard InChI is InChI=1S/C12H11ClFNS/c13-11-2-1-9(5-12(11)14)6-15-7-10-3-4-16-8-10/h1-5,8,15H,6-7H2. The molecule has 0 aliphatic carbocycles. The molecule has 0 unspecified atom stereocenters. The lowest BCUT2D eigenvalue weighted by molar-refractivity contribution is 0.620. The van der Waals surface area contributed by atoms with E-state index in [1.807, 2.05) is 11.4 Å². The molecule has 2 aromatic rings. The van der Waals surface area contributed by atoms with E-state index in [1.54, 1.807) is 17.4 Å². The van der Waals surface area contributed by atoms with Gasteiger partial charge >= 0.3 is 0 Å². The van der Waals surface area contributed by atoms with Crippen molar-refractivity contribution >= 4 is 22.9 Å². The molecule has 1 heterocycles. The van der Waals surface area contributed by atoms with E-state index in [2.05, 4.69) is 16.8 Å². The average Bonchev–Trinajstić information content (AvgIpc) is 2.76. The summed E-state index contributed by atoms with van der Waals surface area (Å²) >= 11 is 7.27. The first kappa shape index (κ1) is 11.6. The Morgan fingerprint density at radius 3 is 2.69 bits per heavy atom. The van der Waals surface area contributed by atoms with Gasteiger partial charge in [-0.1, -0.05) is 17.7 Å². The molecule has 1 N–H and O–H groups in total. The van der Waals surface area contributed by atoms with Crippen molar-refractivity contribution in [1.82, 2.24) is 5.32 Å². The smallest absolute Gasteiger partial charge is 0.142 e. The molecule has 0 radical (unpaired) electrons. The molecule has 0 fully saturated rings. The molecule has 1 nitrogen and oxygen atoms in total. The average molecular weight is 256 g/mol. The first-order valence-electron chi connectivity index (χ1n) is 4.91. The third-order valence-corrected chi connectivity index (χ3v) is 3.26. The monoisotopic (exact) mass is 255 g/mol. The van der Waals surface area contributed by atoms with E-state index in [0.717, 1.165) is 12.1 Å². The maximum absolute atomic E-state index is 13.1. The molecule has 84 valence electrons. The predicted molar refractivity (Wildman–Crippen MR) is 66.3 cm³/mol. The Morgan fingerprint density at radius 1 is 1.19 bits per heavy atom. The lowest BCUT2D eigenvalue weighted by Crippen LogP contribution is -2.12. The molecular formula is C12H11ClFNS. The van der Waals surface area contributed by atoms with E-state index in [4.69, 9.17) is 11.6 Å². The molecule has 0 atom stereocenters. The van der Waals surface area contributed by atoms with Crippen LogP contribution in [0, 0.1) is 5.82 Å². The molecule has 0 spiro atoms. The van der Waals surface area contributed by atoms with E-state index < -0.39 is 0 Å². The molecule has 0 saturated carbocycles. The van der Waals surface area contributed by atoms with Gasteiger partial charge in [-0.05, 0) is 40.1 Å². The van der Waals surface area contributed by atoms with Crippen molar-refractivity contribution in [1.29, 1.82) is 0 Å². The summed E-state index contributed by atoms with van der Waals surface area (Å²) < 4.78 is 13.1. The van der Waals surface area contributed by atoms with Gasteiger partial charge in [0.15, 0.2) is 0 Å². The van der Waals surface area contributed by atoms with Crippen LogP contribution in [0.5, 0.6) is 0 Å². The second kappa shape index (κ2) is 5.43. The highest BCUT2D eigenvalue weighted by Gasteiger charge is 2.00. The van der Waals surface area contributed by atoms with Crippen molar-refractivity contribution in [2.45, 2.75) is 13.1 Å². The molecule has 4 heteroatoms. The molecule has 0 aliphatic heterocycles. The van der Waals surface area contributed by atoms with Crippen LogP contribution in [0.2, 0.25) is 5.02 Å². The predicted octanol–water partition coefficient (Wildman–Crippen LogP) is 3.83. The van der Waals surface area contributed by atoms with E-state index in [1.165, 1.54) is 11.6 Å². The van der Waals surface area contributed by atoms with Gasteiger partial charge in [-0.3, -0.25) is 0 Å². The summed E-state index contributed by atoms with van der Waals surface area (Å²) in [7, 11) is 0. The lowest BCUT2D eigenvalue weighted by atomic mass is 10.2. The van der Waals surface area contributed by atoms with Crippen molar-refractivity contribution in [3.05, 3.63) is 57.0 Å². The van der Waals surface area contributed by atoms with Crippen molar-refractivity contribution in [2.75, 3.05) is 0 Å². The Hall–Kier alpha value is -0.900. The Labute approximate surface area is 103 Å². The van der Waals surface area contributed by atoms with E-state index in [-0.39, 0.29) is 10.8 Å². The molecule has 16 heavy (non-hydrogen) atoms. The van der Waals surface area contributed by atoms with Crippen molar-refractivity contribution in [2.24, 2.45) is 0 Å². The molecule has 1 aromatic carbocycles. The molecule has 0 aliphatic rings. The minimum absolute atomic E-state index is 0.168. The van der Waals surface area contributed by atoms with Crippen LogP contribution in [0.25, 0.3) is 0 Å². The van der Waals surface area contributed by atoms with Crippen molar-refractivity contribution in [3.8, 4) is 0 Å². The third kappa shape index (κ3) is 3.04. The molecule has 1 aromatic heterocycles. The summed E-state index contributed by atoms with van der Waals surface area (Å²) in [5.41, 5.74) is 2.15. The summed E-state index contributed by atoms with van der Waals surface area (Å²) in [6, 6.07) is 6.94. The molecule has 0 amide bonds. The molecule has 0 saturated heterocycles. The van der Waals surface area contributed by atoms with Crippen LogP contribution in [0.15, 0.2) is 35.0 Å². The van der Waals surface area contributed by atoms with Gasteiger partial charge in [0, 0.05) is 13.1 Å². The summed E-state index contributed by atoms with van der Waals surface area (Å²) in [6.07, 6.45) is 0. The van der Waals surface area contributed by atoms with Crippen molar-refractivity contribution < 1.29 is 4.39 Å². The maximum atomic E-state index is 13.1. The zero-order chi connectivity index (χ0) is 11.4. The SMILES string of the molecule is Fc1cc(CNCc2ccsc2)ccc1Cl. The van der Waals surface area contributed by atoms with Crippen LogP contribution in [-0.2, 0) is 13.1 Å². The Bertz CT molecular complexity index is 456. The molecular weight excluding hydrogens is 245 g/mol. The minimum atomic E-state index is -0.364. The van der Waals surface area contributed by atoms with Crippen LogP contribution in [0.4, 0.5) is 4.39 Å². The van der Waals surface area contributed by atoms with Gasteiger partial charge < -0.3 is 5.32 Å². The summed E-state index contributed by atoms with van der Waals surface area (Å²) in [5.74, 6) is -0.364. The number of hydrogen-bond donors (Lipinski definition) is 1. The fourth-order valence-corrected chi connectivity index (χ4v) is 2.18. The maximum Gasteiger partial charge on any atom is 0.142 e. The van der Waals surface area contributed by atoms with Crippen LogP contribution >= 0.6 is 22.9 Å². The highest BCUT2D eigenvalue weighted by molar-refractivity contribution is 7.07. The van der Waals surface area contributed by atoms with Gasteiger partial charge in [-0.25, -0.2) is 4.39 Å². The zero-order valence-corrected chi connectivity index (χ0v) is 10.1. The summed E-state index contributed by atoms with van der Waals surface area (Å²) in [5, 5.41) is 7.55. The number of benzene rings is 1. The topological polar surface area (TPSA) is 12.0 Å².